The second kappa shape index (κ2) is 13.8. The summed E-state index contributed by atoms with van der Waals surface area (Å²) in [5.41, 5.74) is 3.01. The molecule has 11 heteroatoms. The summed E-state index contributed by atoms with van der Waals surface area (Å²) in [7, 11) is 0. The van der Waals surface area contributed by atoms with Crippen LogP contribution < -0.4 is 19.6 Å². The van der Waals surface area contributed by atoms with E-state index in [-0.39, 0.29) is 24.3 Å². The molecule has 6 nitrogen and oxygen atoms in total. The number of ether oxygens (including phenoxy) is 2. The van der Waals surface area contributed by atoms with Gasteiger partial charge in [-0.2, -0.15) is 0 Å². The lowest BCUT2D eigenvalue weighted by molar-refractivity contribution is -0.138. The molecule has 1 aliphatic heterocycles. The van der Waals surface area contributed by atoms with E-state index >= 15 is 0 Å². The number of carbonyl (C=O) groups excluding carboxylic acids is 1. The number of hydrogen-bond donors (Lipinski definition) is 0. The molecule has 0 N–H and O–H groups in total. The first kappa shape index (κ1) is 31.9. The summed E-state index contributed by atoms with van der Waals surface area (Å²) >= 11 is 17.1. The minimum Gasteiger partial charge on any atom is -0.488 e. The molecule has 2 heterocycles. The second-order valence-electron chi connectivity index (χ2n) is 10.2. The van der Waals surface area contributed by atoms with Crippen LogP contribution in [-0.2, 0) is 16.1 Å². The Labute approximate surface area is 285 Å². The van der Waals surface area contributed by atoms with Crippen molar-refractivity contribution in [3.63, 3.8) is 0 Å². The van der Waals surface area contributed by atoms with Gasteiger partial charge in [0.1, 0.15) is 18.2 Å². The van der Waals surface area contributed by atoms with Gasteiger partial charge >= 0.3 is 5.97 Å². The Balaban J connectivity index is 1.44. The molecule has 232 valence electrons. The predicted molar refractivity (Wildman–Crippen MR) is 182 cm³/mol. The van der Waals surface area contributed by atoms with Gasteiger partial charge in [0.15, 0.2) is 4.80 Å². The van der Waals surface area contributed by atoms with E-state index in [0.29, 0.717) is 46.4 Å². The average molecular weight is 738 g/mol. The fraction of sp³-hybridized carbons (Fsp3) is 0.114. The molecule has 4 aromatic carbocycles. The van der Waals surface area contributed by atoms with Crippen LogP contribution in [0.2, 0.25) is 10.0 Å². The summed E-state index contributed by atoms with van der Waals surface area (Å²) in [6, 6.07) is 24.8. The Morgan fingerprint density at radius 2 is 1.80 bits per heavy atom. The summed E-state index contributed by atoms with van der Waals surface area (Å²) in [5, 5.41) is 1.05. The zero-order valence-corrected chi connectivity index (χ0v) is 28.1. The molecule has 5 aromatic rings. The van der Waals surface area contributed by atoms with Crippen molar-refractivity contribution in [3.8, 4) is 5.75 Å². The Bertz CT molecular complexity index is 2170. The van der Waals surface area contributed by atoms with E-state index in [9.17, 15) is 14.0 Å². The van der Waals surface area contributed by atoms with Crippen LogP contribution in [0.3, 0.4) is 0 Å². The summed E-state index contributed by atoms with van der Waals surface area (Å²) < 4.78 is 28.0. The number of carbonyl (C=O) groups is 1. The number of fused-ring (bicyclic) bond motifs is 1. The van der Waals surface area contributed by atoms with Gasteiger partial charge in [0.2, 0.25) is 0 Å². The first-order chi connectivity index (χ1) is 22.2. The minimum atomic E-state index is -0.893. The molecule has 0 spiro atoms. The zero-order chi connectivity index (χ0) is 32.4. The first-order valence-corrected chi connectivity index (χ1v) is 16.5. The van der Waals surface area contributed by atoms with Crippen molar-refractivity contribution in [1.29, 1.82) is 0 Å². The zero-order valence-electron chi connectivity index (χ0n) is 24.2. The summed E-state index contributed by atoms with van der Waals surface area (Å²) in [6.45, 7) is 2.08. The van der Waals surface area contributed by atoms with Crippen LogP contribution in [0, 0.1) is 5.82 Å². The third kappa shape index (κ3) is 6.59. The van der Waals surface area contributed by atoms with E-state index in [2.05, 4.69) is 15.9 Å². The van der Waals surface area contributed by atoms with Gasteiger partial charge in [0, 0.05) is 21.2 Å². The van der Waals surface area contributed by atoms with Crippen LogP contribution in [0.5, 0.6) is 5.75 Å². The van der Waals surface area contributed by atoms with Crippen molar-refractivity contribution in [1.82, 2.24) is 4.57 Å². The number of halogens is 4. The van der Waals surface area contributed by atoms with Gasteiger partial charge in [0.25, 0.3) is 5.56 Å². The topological polar surface area (TPSA) is 69.9 Å². The molecule has 6 rings (SSSR count). The highest BCUT2D eigenvalue weighted by atomic mass is 79.9. The van der Waals surface area contributed by atoms with Crippen molar-refractivity contribution in [2.75, 3.05) is 6.61 Å². The summed E-state index contributed by atoms with van der Waals surface area (Å²) in [4.78, 5) is 32.8. The third-order valence-electron chi connectivity index (χ3n) is 7.21. The molecule has 0 radical (unpaired) electrons. The van der Waals surface area contributed by atoms with Crippen molar-refractivity contribution in [2.24, 2.45) is 4.99 Å². The Morgan fingerprint density at radius 1 is 1.04 bits per heavy atom. The van der Waals surface area contributed by atoms with E-state index in [1.165, 1.54) is 28.0 Å². The third-order valence-corrected chi connectivity index (χ3v) is 9.40. The maximum absolute atomic E-state index is 14.1. The van der Waals surface area contributed by atoms with E-state index < -0.39 is 17.8 Å². The Kier molecular flexibility index (Phi) is 9.56. The summed E-state index contributed by atoms with van der Waals surface area (Å²) in [6.07, 6.45) is 1.76. The smallest absolute Gasteiger partial charge is 0.338 e. The minimum absolute atomic E-state index is 0.131. The highest BCUT2D eigenvalue weighted by molar-refractivity contribution is 9.10. The average Bonchev–Trinajstić information content (AvgIpc) is 3.35. The molecule has 46 heavy (non-hydrogen) atoms. The quantitative estimate of drug-likeness (QED) is 0.153. The molecule has 0 unspecified atom stereocenters. The van der Waals surface area contributed by atoms with Crippen LogP contribution in [0.4, 0.5) is 4.39 Å². The molecule has 0 saturated heterocycles. The number of esters is 1. The SMILES string of the molecule is CCOC(=O)C1=C(c2ccccc2)N=c2s/c(=C\c3ccc(OCc4ccc(Cl)cc4Cl)c(Br)c3)c(=O)n2[C@@H]1c1ccc(F)cc1. The van der Waals surface area contributed by atoms with E-state index in [1.54, 1.807) is 43.3 Å². The molecule has 0 amide bonds. The van der Waals surface area contributed by atoms with Gasteiger partial charge in [-0.1, -0.05) is 89.1 Å². The highest BCUT2D eigenvalue weighted by Crippen LogP contribution is 2.35. The van der Waals surface area contributed by atoms with Crippen molar-refractivity contribution in [3.05, 3.63) is 159 Å². The molecular formula is C35H24BrCl2FN2O4S. The molecular weight excluding hydrogens is 714 g/mol. The lowest BCUT2D eigenvalue weighted by Gasteiger charge is -2.25. The first-order valence-electron chi connectivity index (χ1n) is 14.1. The second-order valence-corrected chi connectivity index (χ2v) is 12.9. The predicted octanol–water partition coefficient (Wildman–Crippen LogP) is 7.72. The summed E-state index contributed by atoms with van der Waals surface area (Å²) in [5.74, 6) is -0.448. The van der Waals surface area contributed by atoms with E-state index in [0.717, 1.165) is 11.1 Å². The molecule has 0 fully saturated rings. The highest BCUT2D eigenvalue weighted by Gasteiger charge is 2.35. The van der Waals surface area contributed by atoms with Crippen LogP contribution in [0.1, 0.15) is 35.2 Å². The number of hydrogen-bond acceptors (Lipinski definition) is 6. The maximum Gasteiger partial charge on any atom is 0.338 e. The number of rotatable bonds is 8. The number of thiazole rings is 1. The fourth-order valence-corrected chi connectivity index (χ4v) is 7.05. The standard InChI is InChI=1S/C35H24BrCl2FN2O4S/c1-2-44-34(43)30-31(21-6-4-3-5-7-21)40-35-41(32(30)22-10-13-25(39)14-11-22)33(42)29(46-35)17-20-8-15-28(26(36)16-20)45-19-23-9-12-24(37)18-27(23)38/h3-18,32H,2,19H2,1H3/b29-17-/t32-/m1/s1. The van der Waals surface area contributed by atoms with Gasteiger partial charge in [-0.25, -0.2) is 14.2 Å². The van der Waals surface area contributed by atoms with Crippen LogP contribution >= 0.6 is 50.5 Å². The van der Waals surface area contributed by atoms with Gasteiger partial charge in [-0.05, 0) is 76.5 Å². The van der Waals surface area contributed by atoms with Gasteiger partial charge in [-0.3, -0.25) is 9.36 Å². The lowest BCUT2D eigenvalue weighted by Crippen LogP contribution is -2.40. The number of aromatic nitrogens is 1. The molecule has 1 atom stereocenters. The Hall–Kier alpha value is -4.02. The van der Waals surface area contributed by atoms with Gasteiger partial charge in [-0.15, -0.1) is 0 Å². The molecule has 0 aliphatic carbocycles. The molecule has 0 bridgehead atoms. The molecule has 1 aliphatic rings. The maximum atomic E-state index is 14.1. The lowest BCUT2D eigenvalue weighted by atomic mass is 9.93. The molecule has 1 aromatic heterocycles. The van der Waals surface area contributed by atoms with Crippen LogP contribution in [0.15, 0.2) is 111 Å². The Morgan fingerprint density at radius 3 is 2.50 bits per heavy atom. The van der Waals surface area contributed by atoms with E-state index in [4.69, 9.17) is 37.7 Å². The van der Waals surface area contributed by atoms with Gasteiger partial charge < -0.3 is 9.47 Å². The number of nitrogens with zero attached hydrogens (tertiary/aromatic N) is 2. The van der Waals surface area contributed by atoms with E-state index in [1.807, 2.05) is 48.5 Å². The van der Waals surface area contributed by atoms with Gasteiger partial charge in [0.05, 0.1) is 32.9 Å². The van der Waals surface area contributed by atoms with Crippen LogP contribution in [0.25, 0.3) is 11.8 Å². The van der Waals surface area contributed by atoms with Crippen molar-refractivity contribution < 1.29 is 18.7 Å². The van der Waals surface area contributed by atoms with Crippen LogP contribution in [-0.4, -0.2) is 17.1 Å². The van der Waals surface area contributed by atoms with Crippen molar-refractivity contribution >= 4 is 68.2 Å². The van der Waals surface area contributed by atoms with Crippen molar-refractivity contribution in [2.45, 2.75) is 19.6 Å². The monoisotopic (exact) mass is 736 g/mol. The largest absolute Gasteiger partial charge is 0.488 e. The normalized spacial score (nSPS) is 14.5. The fourth-order valence-electron chi connectivity index (χ4n) is 5.07. The number of benzene rings is 4. The molecule has 0 saturated carbocycles.